The molecule has 176 valence electrons. The molecule has 3 heterocycles. The van der Waals surface area contributed by atoms with Crippen molar-refractivity contribution >= 4 is 17.7 Å². The second-order valence-corrected chi connectivity index (χ2v) is 8.18. The maximum absolute atomic E-state index is 13.1. The number of morpholine rings is 1. The van der Waals surface area contributed by atoms with E-state index in [9.17, 15) is 14.4 Å². The number of allylic oxidation sites excluding steroid dienone is 1. The normalized spacial score (nSPS) is 23.8. The Bertz CT molecular complexity index is 1430. The van der Waals surface area contributed by atoms with E-state index in [0.29, 0.717) is 24.1 Å². The van der Waals surface area contributed by atoms with Gasteiger partial charge in [0.25, 0.3) is 5.91 Å². The molecule has 0 bridgehead atoms. The third kappa shape index (κ3) is 4.41. The summed E-state index contributed by atoms with van der Waals surface area (Å²) < 4.78 is 61.8. The van der Waals surface area contributed by atoms with Gasteiger partial charge >= 0.3 is 0 Å². The highest BCUT2D eigenvalue weighted by molar-refractivity contribution is 6.02. The minimum absolute atomic E-state index is 0.0229. The summed E-state index contributed by atoms with van der Waals surface area (Å²) in [5.41, 5.74) is 0.664. The van der Waals surface area contributed by atoms with Gasteiger partial charge in [0.05, 0.1) is 21.4 Å². The predicted octanol–water partition coefficient (Wildman–Crippen LogP) is 2.37. The molecule has 2 aromatic carbocycles. The second-order valence-electron chi connectivity index (χ2n) is 8.18. The molecular formula is C26H27N3O5. The molecule has 1 atom stereocenters. The van der Waals surface area contributed by atoms with Crippen LogP contribution in [0.3, 0.4) is 0 Å². The quantitative estimate of drug-likeness (QED) is 0.705. The van der Waals surface area contributed by atoms with Gasteiger partial charge in [0.2, 0.25) is 11.8 Å². The van der Waals surface area contributed by atoms with Crippen LogP contribution in [0.1, 0.15) is 48.1 Å². The van der Waals surface area contributed by atoms with Gasteiger partial charge in [-0.2, -0.15) is 0 Å². The molecule has 3 amide bonds. The standard InChI is InChI=1S/C26H27N3O5/c1-17-5-10-22(25(31)27-17)29-14-21-20(26(29)32)3-2-4-23(21)34-15-19-8-6-18(7-9-19)13-28-11-12-33-16-24(28)30/h2-4,6-9,22H,1,5,10-16H2,(H,27,31)/i6D,9D,13D2,15D2. The van der Waals surface area contributed by atoms with E-state index in [1.165, 1.54) is 17.0 Å². The van der Waals surface area contributed by atoms with Gasteiger partial charge in [0, 0.05) is 29.9 Å². The molecule has 3 aliphatic heterocycles. The fourth-order valence-electron chi connectivity index (χ4n) is 4.13. The van der Waals surface area contributed by atoms with Crippen LogP contribution in [-0.4, -0.2) is 53.3 Å². The minimum atomic E-state index is -2.64. The van der Waals surface area contributed by atoms with Gasteiger partial charge in [-0.25, -0.2) is 0 Å². The number of carbonyl (C=O) groups is 3. The van der Waals surface area contributed by atoms with Crippen LogP contribution < -0.4 is 10.1 Å². The number of nitrogens with one attached hydrogen (secondary N) is 1. The number of piperidine rings is 1. The maximum atomic E-state index is 13.1. The number of ether oxygens (including phenoxy) is 2. The highest BCUT2D eigenvalue weighted by atomic mass is 16.5. The van der Waals surface area contributed by atoms with E-state index in [1.807, 2.05) is 0 Å². The van der Waals surface area contributed by atoms with E-state index in [1.54, 1.807) is 6.07 Å². The van der Waals surface area contributed by atoms with Crippen molar-refractivity contribution in [1.82, 2.24) is 15.1 Å². The van der Waals surface area contributed by atoms with Crippen LogP contribution in [0, 0.1) is 0 Å². The molecule has 0 aromatic heterocycles. The first-order chi connectivity index (χ1) is 18.8. The molecule has 1 N–H and O–H groups in total. The Balaban J connectivity index is 1.42. The van der Waals surface area contributed by atoms with Gasteiger partial charge in [-0.05, 0) is 36.1 Å². The Hall–Kier alpha value is -3.65. The van der Waals surface area contributed by atoms with E-state index in [2.05, 4.69) is 11.9 Å². The fraction of sp³-hybridized carbons (Fsp3) is 0.346. The summed E-state index contributed by atoms with van der Waals surface area (Å²) in [6.07, 6.45) is 0.934. The zero-order chi connectivity index (χ0) is 29.0. The van der Waals surface area contributed by atoms with Crippen LogP contribution in [0.2, 0.25) is 0 Å². The number of benzene rings is 2. The van der Waals surface area contributed by atoms with Crippen molar-refractivity contribution in [3.8, 4) is 5.75 Å². The van der Waals surface area contributed by atoms with Crippen molar-refractivity contribution in [3.63, 3.8) is 0 Å². The molecule has 1 unspecified atom stereocenters. The Kier molecular flexibility index (Phi) is 4.39. The SMILES string of the molecule is [2H]c1cc(C([2H])([2H])N2CCOCC2=O)c([2H])cc1C([2H])([2H])Oc1cccc2c1CN(C1CCC(=C)NC1=O)C2=O. The topological polar surface area (TPSA) is 88.2 Å². The molecule has 8 heteroatoms. The molecule has 2 fully saturated rings. The van der Waals surface area contributed by atoms with Crippen molar-refractivity contribution < 1.29 is 32.1 Å². The van der Waals surface area contributed by atoms with Crippen molar-refractivity contribution in [3.05, 3.63) is 76.9 Å². The van der Waals surface area contributed by atoms with E-state index < -0.39 is 37.1 Å². The van der Waals surface area contributed by atoms with Crippen LogP contribution in [0.15, 0.2) is 54.7 Å². The molecule has 0 spiro atoms. The lowest BCUT2D eigenvalue weighted by atomic mass is 10.0. The lowest BCUT2D eigenvalue weighted by Gasteiger charge is -2.31. The van der Waals surface area contributed by atoms with Gasteiger partial charge in [0.1, 0.15) is 25.0 Å². The van der Waals surface area contributed by atoms with Crippen molar-refractivity contribution in [2.24, 2.45) is 0 Å². The highest BCUT2D eigenvalue weighted by Crippen LogP contribution is 2.34. The van der Waals surface area contributed by atoms with Crippen LogP contribution >= 0.6 is 0 Å². The lowest BCUT2D eigenvalue weighted by Crippen LogP contribution is -2.49. The molecule has 0 aliphatic carbocycles. The zero-order valence-electron chi connectivity index (χ0n) is 24.3. The Morgan fingerprint density at radius 2 is 2.03 bits per heavy atom. The van der Waals surface area contributed by atoms with E-state index in [4.69, 9.17) is 17.7 Å². The third-order valence-electron chi connectivity index (χ3n) is 5.91. The van der Waals surface area contributed by atoms with Crippen LogP contribution in [0.4, 0.5) is 0 Å². The number of nitrogens with zero attached hydrogens (tertiary/aromatic N) is 2. The summed E-state index contributed by atoms with van der Waals surface area (Å²) >= 11 is 0. The van der Waals surface area contributed by atoms with Crippen molar-refractivity contribution in [2.45, 2.75) is 38.5 Å². The van der Waals surface area contributed by atoms with E-state index in [-0.39, 0.29) is 60.6 Å². The van der Waals surface area contributed by atoms with E-state index in [0.717, 1.165) is 17.0 Å². The van der Waals surface area contributed by atoms with Gasteiger partial charge in [-0.15, -0.1) is 0 Å². The minimum Gasteiger partial charge on any atom is -0.489 e. The Morgan fingerprint density at radius 1 is 1.21 bits per heavy atom. The number of carbonyl (C=O) groups excluding carboxylic acids is 3. The highest BCUT2D eigenvalue weighted by Gasteiger charge is 2.39. The molecule has 3 aliphatic rings. The fourth-order valence-corrected chi connectivity index (χ4v) is 4.13. The summed E-state index contributed by atoms with van der Waals surface area (Å²) in [6.45, 7) is -1.47. The maximum Gasteiger partial charge on any atom is 0.255 e. The molecule has 8 nitrogen and oxygen atoms in total. The first-order valence-electron chi connectivity index (χ1n) is 13.9. The largest absolute Gasteiger partial charge is 0.489 e. The van der Waals surface area contributed by atoms with Crippen molar-refractivity contribution in [1.29, 1.82) is 0 Å². The van der Waals surface area contributed by atoms with E-state index >= 15 is 0 Å². The van der Waals surface area contributed by atoms with Crippen LogP contribution in [-0.2, 0) is 33.9 Å². The number of hydrogen-bond donors (Lipinski definition) is 1. The summed E-state index contributed by atoms with van der Waals surface area (Å²) in [7, 11) is 0. The second kappa shape index (κ2) is 9.30. The number of hydrogen-bond acceptors (Lipinski definition) is 5. The molecular weight excluding hydrogens is 434 g/mol. The first-order valence-corrected chi connectivity index (χ1v) is 10.9. The molecule has 0 radical (unpaired) electrons. The average molecular weight is 468 g/mol. The number of rotatable bonds is 6. The number of amides is 3. The molecule has 0 saturated carbocycles. The number of fused-ring (bicyclic) bond motifs is 1. The Labute approximate surface area is 206 Å². The summed E-state index contributed by atoms with van der Waals surface area (Å²) in [6, 6.07) is 5.08. The molecule has 5 rings (SSSR count). The third-order valence-corrected chi connectivity index (χ3v) is 5.91. The lowest BCUT2D eigenvalue weighted by molar-refractivity contribution is -0.143. The first kappa shape index (κ1) is 16.1. The Morgan fingerprint density at radius 3 is 2.85 bits per heavy atom. The summed E-state index contributed by atoms with van der Waals surface area (Å²) in [5, 5.41) is 2.67. The van der Waals surface area contributed by atoms with Crippen LogP contribution in [0.5, 0.6) is 5.75 Å². The van der Waals surface area contributed by atoms with Gasteiger partial charge in [0.15, 0.2) is 0 Å². The van der Waals surface area contributed by atoms with Crippen molar-refractivity contribution in [2.75, 3.05) is 19.8 Å². The van der Waals surface area contributed by atoms with Crippen LogP contribution in [0.25, 0.3) is 0 Å². The van der Waals surface area contributed by atoms with Gasteiger partial charge in [-0.3, -0.25) is 14.4 Å². The monoisotopic (exact) mass is 467 g/mol. The van der Waals surface area contributed by atoms with Gasteiger partial charge in [-0.1, -0.05) is 36.9 Å². The molecule has 2 saturated heterocycles. The summed E-state index contributed by atoms with van der Waals surface area (Å²) in [5.74, 6) is -1.27. The van der Waals surface area contributed by atoms with Gasteiger partial charge < -0.3 is 24.6 Å². The smallest absolute Gasteiger partial charge is 0.255 e. The molecule has 34 heavy (non-hydrogen) atoms. The average Bonchev–Trinajstić information content (AvgIpc) is 3.22. The predicted molar refractivity (Wildman–Crippen MR) is 124 cm³/mol. The molecule has 2 aromatic rings. The zero-order valence-corrected chi connectivity index (χ0v) is 18.3. The summed E-state index contributed by atoms with van der Waals surface area (Å²) in [4.78, 5) is 40.2.